The SMILES string of the molecule is Cc1cc([C@@H](C)Nc2ccc(Cl)nc2C(=O)NS(C)(=O)=O)c2nc(N3CCC[C@@H](c4nccc(C)n4)C3)n(C)c(=O)c2c1. The van der Waals surface area contributed by atoms with Crippen molar-refractivity contribution < 1.29 is 13.2 Å². The van der Waals surface area contributed by atoms with E-state index in [2.05, 4.69) is 25.2 Å². The van der Waals surface area contributed by atoms with Gasteiger partial charge in [0.15, 0.2) is 5.69 Å². The van der Waals surface area contributed by atoms with Gasteiger partial charge < -0.3 is 10.2 Å². The zero-order chi connectivity index (χ0) is 31.1. The van der Waals surface area contributed by atoms with Crippen molar-refractivity contribution in [3.63, 3.8) is 0 Å². The Balaban J connectivity index is 1.54. The number of aromatic nitrogens is 5. The Kier molecular flexibility index (Phi) is 8.39. The predicted octanol–water partition coefficient (Wildman–Crippen LogP) is 3.64. The summed E-state index contributed by atoms with van der Waals surface area (Å²) in [6.45, 7) is 7.07. The molecule has 1 aliphatic rings. The zero-order valence-corrected chi connectivity index (χ0v) is 26.1. The molecule has 1 aromatic carbocycles. The van der Waals surface area contributed by atoms with Gasteiger partial charge in [-0.05, 0) is 63.4 Å². The molecule has 43 heavy (non-hydrogen) atoms. The van der Waals surface area contributed by atoms with Crippen LogP contribution in [0.5, 0.6) is 0 Å². The highest BCUT2D eigenvalue weighted by molar-refractivity contribution is 7.89. The third kappa shape index (κ3) is 6.62. The highest BCUT2D eigenvalue weighted by Gasteiger charge is 2.27. The molecular formula is C29H33ClN8O4S. The molecule has 1 fully saturated rings. The number of aryl methyl sites for hydroxylation is 2. The normalized spacial score (nSPS) is 16.2. The number of sulfonamides is 1. The predicted molar refractivity (Wildman–Crippen MR) is 166 cm³/mol. The lowest BCUT2D eigenvalue weighted by Gasteiger charge is -2.33. The first kappa shape index (κ1) is 30.4. The second kappa shape index (κ2) is 11.9. The van der Waals surface area contributed by atoms with Crippen LogP contribution in [-0.2, 0) is 17.1 Å². The molecule has 0 bridgehead atoms. The van der Waals surface area contributed by atoms with Gasteiger partial charge in [0.1, 0.15) is 11.0 Å². The van der Waals surface area contributed by atoms with E-state index >= 15 is 0 Å². The summed E-state index contributed by atoms with van der Waals surface area (Å²) < 4.78 is 26.9. The van der Waals surface area contributed by atoms with Gasteiger partial charge in [-0.3, -0.25) is 14.2 Å². The maximum absolute atomic E-state index is 13.7. The van der Waals surface area contributed by atoms with Crippen molar-refractivity contribution in [2.75, 3.05) is 29.6 Å². The van der Waals surface area contributed by atoms with Gasteiger partial charge in [0.05, 0.1) is 28.9 Å². The molecule has 0 saturated carbocycles. The van der Waals surface area contributed by atoms with Crippen LogP contribution in [-0.4, -0.2) is 58.2 Å². The Morgan fingerprint density at radius 3 is 2.63 bits per heavy atom. The van der Waals surface area contributed by atoms with Crippen molar-refractivity contribution in [1.29, 1.82) is 0 Å². The average Bonchev–Trinajstić information content (AvgIpc) is 2.95. The van der Waals surface area contributed by atoms with Crippen LogP contribution in [0.4, 0.5) is 11.6 Å². The third-order valence-electron chi connectivity index (χ3n) is 7.41. The standard InChI is InChI=1S/C29H33ClN8O4S/c1-16-13-20(18(3)33-22-8-9-23(30)34-25(22)27(39)36-43(5,41)42)24-21(14-16)28(40)37(4)29(35-24)38-12-6-7-19(15-38)26-31-11-10-17(2)32-26/h8-11,13-14,18-19,33H,6-7,12,15H2,1-5H3,(H,36,39)/t18-,19-/m1/s1. The maximum Gasteiger partial charge on any atom is 0.285 e. The monoisotopic (exact) mass is 624 g/mol. The van der Waals surface area contributed by atoms with Gasteiger partial charge in [-0.15, -0.1) is 0 Å². The number of amides is 1. The van der Waals surface area contributed by atoms with E-state index in [1.165, 1.54) is 6.07 Å². The third-order valence-corrected chi connectivity index (χ3v) is 8.17. The number of nitrogens with zero attached hydrogens (tertiary/aromatic N) is 6. The van der Waals surface area contributed by atoms with Crippen LogP contribution >= 0.6 is 11.6 Å². The molecule has 1 saturated heterocycles. The van der Waals surface area contributed by atoms with Crippen molar-refractivity contribution >= 4 is 50.1 Å². The van der Waals surface area contributed by atoms with E-state index in [0.717, 1.165) is 48.3 Å². The van der Waals surface area contributed by atoms with E-state index in [-0.39, 0.29) is 28.0 Å². The number of fused-ring (bicyclic) bond motifs is 1. The van der Waals surface area contributed by atoms with Crippen molar-refractivity contribution in [3.8, 4) is 0 Å². The summed E-state index contributed by atoms with van der Waals surface area (Å²) in [5.74, 6) is 0.527. The summed E-state index contributed by atoms with van der Waals surface area (Å²) in [5.41, 5.74) is 2.95. The second-order valence-electron chi connectivity index (χ2n) is 11.0. The number of pyridine rings is 1. The molecule has 0 spiro atoms. The quantitative estimate of drug-likeness (QED) is 0.292. The molecule has 2 atom stereocenters. The molecule has 14 heteroatoms. The van der Waals surface area contributed by atoms with Crippen LogP contribution in [0, 0.1) is 13.8 Å². The van der Waals surface area contributed by atoms with Crippen LogP contribution < -0.4 is 20.5 Å². The summed E-state index contributed by atoms with van der Waals surface area (Å²) in [4.78, 5) is 46.8. The minimum atomic E-state index is -3.83. The van der Waals surface area contributed by atoms with Crippen molar-refractivity contribution in [2.45, 2.75) is 45.6 Å². The van der Waals surface area contributed by atoms with Crippen molar-refractivity contribution in [1.82, 2.24) is 29.2 Å². The number of rotatable bonds is 7. The molecule has 0 radical (unpaired) electrons. The number of piperidine rings is 1. The molecule has 12 nitrogen and oxygen atoms in total. The number of nitrogens with one attached hydrogen (secondary N) is 2. The van der Waals surface area contributed by atoms with E-state index in [0.29, 0.717) is 23.4 Å². The van der Waals surface area contributed by atoms with Crippen LogP contribution in [0.15, 0.2) is 41.3 Å². The number of benzene rings is 1. The fourth-order valence-corrected chi connectivity index (χ4v) is 6.02. The highest BCUT2D eigenvalue weighted by atomic mass is 35.5. The summed E-state index contributed by atoms with van der Waals surface area (Å²) >= 11 is 6.04. The smallest absolute Gasteiger partial charge is 0.285 e. The van der Waals surface area contributed by atoms with Crippen LogP contribution in [0.1, 0.15) is 64.9 Å². The largest absolute Gasteiger partial charge is 0.377 e. The zero-order valence-electron chi connectivity index (χ0n) is 24.5. The Labute approximate surface area is 254 Å². The van der Waals surface area contributed by atoms with Gasteiger partial charge in [-0.2, -0.15) is 0 Å². The number of hydrogen-bond acceptors (Lipinski definition) is 10. The average molecular weight is 625 g/mol. The first-order chi connectivity index (χ1) is 20.3. The van der Waals surface area contributed by atoms with Gasteiger partial charge in [0.25, 0.3) is 11.5 Å². The summed E-state index contributed by atoms with van der Waals surface area (Å²) in [7, 11) is -2.11. The maximum atomic E-state index is 13.7. The summed E-state index contributed by atoms with van der Waals surface area (Å²) in [6.07, 6.45) is 4.50. The number of hydrogen-bond donors (Lipinski definition) is 2. The Hall–Kier alpha value is -4.10. The first-order valence-corrected chi connectivity index (χ1v) is 16.1. The molecular weight excluding hydrogens is 592 g/mol. The van der Waals surface area contributed by atoms with Crippen molar-refractivity contribution in [3.05, 3.63) is 80.4 Å². The molecule has 3 aromatic heterocycles. The number of halogens is 1. The molecule has 5 rings (SSSR count). The topological polar surface area (TPSA) is 152 Å². The molecule has 226 valence electrons. The van der Waals surface area contributed by atoms with E-state index in [1.54, 1.807) is 23.9 Å². The molecule has 2 N–H and O–H groups in total. The van der Waals surface area contributed by atoms with Crippen LogP contribution in [0.2, 0.25) is 5.15 Å². The Bertz CT molecular complexity index is 1900. The lowest BCUT2D eigenvalue weighted by atomic mass is 9.97. The number of anilines is 2. The molecule has 4 heterocycles. The Morgan fingerprint density at radius 1 is 1.14 bits per heavy atom. The van der Waals surface area contributed by atoms with Gasteiger partial charge in [0.2, 0.25) is 16.0 Å². The van der Waals surface area contributed by atoms with E-state index in [9.17, 15) is 18.0 Å². The van der Waals surface area contributed by atoms with Gasteiger partial charge in [-0.1, -0.05) is 17.7 Å². The highest BCUT2D eigenvalue weighted by Crippen LogP contribution is 2.31. The molecule has 0 unspecified atom stereocenters. The summed E-state index contributed by atoms with van der Waals surface area (Å²) in [5, 5.41) is 3.75. The van der Waals surface area contributed by atoms with E-state index < -0.39 is 22.0 Å². The summed E-state index contributed by atoms with van der Waals surface area (Å²) in [6, 6.07) is 8.23. The molecule has 1 amide bonds. The van der Waals surface area contributed by atoms with E-state index in [4.69, 9.17) is 16.6 Å². The van der Waals surface area contributed by atoms with Gasteiger partial charge in [0, 0.05) is 43.5 Å². The molecule has 0 aliphatic carbocycles. The number of carbonyl (C=O) groups is 1. The van der Waals surface area contributed by atoms with Crippen LogP contribution in [0.3, 0.4) is 0 Å². The minimum absolute atomic E-state index is 0.0311. The lowest BCUT2D eigenvalue weighted by Crippen LogP contribution is -2.39. The van der Waals surface area contributed by atoms with Gasteiger partial charge in [-0.25, -0.2) is 33.1 Å². The molecule has 4 aromatic rings. The van der Waals surface area contributed by atoms with E-state index in [1.807, 2.05) is 43.7 Å². The Morgan fingerprint density at radius 2 is 1.91 bits per heavy atom. The molecule has 1 aliphatic heterocycles. The lowest BCUT2D eigenvalue weighted by molar-refractivity contribution is 0.0977. The fourth-order valence-electron chi connectivity index (χ4n) is 5.44. The fraction of sp³-hybridized carbons (Fsp3) is 0.379. The van der Waals surface area contributed by atoms with Crippen LogP contribution in [0.25, 0.3) is 10.9 Å². The first-order valence-electron chi connectivity index (χ1n) is 13.8. The van der Waals surface area contributed by atoms with Crippen molar-refractivity contribution in [2.24, 2.45) is 7.05 Å². The second-order valence-corrected chi connectivity index (χ2v) is 13.1. The minimum Gasteiger partial charge on any atom is -0.377 e. The van der Waals surface area contributed by atoms with Gasteiger partial charge >= 0.3 is 0 Å². The number of carbonyl (C=O) groups excluding carboxylic acids is 1.